The molecule has 1 rings (SSSR count). The van der Waals surface area contributed by atoms with Gasteiger partial charge in [0, 0.05) is 13.2 Å². The highest BCUT2D eigenvalue weighted by Gasteiger charge is 2.31. The summed E-state index contributed by atoms with van der Waals surface area (Å²) in [7, 11) is 0. The van der Waals surface area contributed by atoms with Crippen LogP contribution in [-0.4, -0.2) is 38.6 Å². The van der Waals surface area contributed by atoms with Crippen LogP contribution in [0, 0.1) is 17.8 Å². The van der Waals surface area contributed by atoms with Crippen molar-refractivity contribution in [3.8, 4) is 0 Å². The van der Waals surface area contributed by atoms with E-state index in [9.17, 15) is 0 Å². The minimum atomic E-state index is 0.314. The van der Waals surface area contributed by atoms with E-state index in [2.05, 4.69) is 34.6 Å². The van der Waals surface area contributed by atoms with Crippen molar-refractivity contribution in [2.45, 2.75) is 72.5 Å². The van der Waals surface area contributed by atoms with Crippen molar-refractivity contribution in [3.63, 3.8) is 0 Å². The molecular weight excluding hydrogens is 264 g/mol. The highest BCUT2D eigenvalue weighted by Crippen LogP contribution is 2.35. The second kappa shape index (κ2) is 10.6. The SMILES string of the molecule is CC1CCC(C(C)C)C(OCCOCCCOC(C)C)C1. The normalized spacial score (nSPS) is 26.7. The van der Waals surface area contributed by atoms with E-state index >= 15 is 0 Å². The van der Waals surface area contributed by atoms with Gasteiger partial charge in [-0.1, -0.05) is 27.2 Å². The summed E-state index contributed by atoms with van der Waals surface area (Å²) in [6.07, 6.45) is 5.60. The maximum Gasteiger partial charge on any atom is 0.0704 e. The van der Waals surface area contributed by atoms with Crippen molar-refractivity contribution in [2.24, 2.45) is 17.8 Å². The van der Waals surface area contributed by atoms with Gasteiger partial charge in [0.1, 0.15) is 0 Å². The molecule has 0 aromatic heterocycles. The first-order valence-corrected chi connectivity index (χ1v) is 8.81. The van der Waals surface area contributed by atoms with E-state index in [0.29, 0.717) is 18.8 Å². The number of ether oxygens (including phenoxy) is 3. The molecule has 126 valence electrons. The summed E-state index contributed by atoms with van der Waals surface area (Å²) in [6.45, 7) is 14.1. The van der Waals surface area contributed by atoms with E-state index in [1.54, 1.807) is 0 Å². The lowest BCUT2D eigenvalue weighted by Crippen LogP contribution is -2.35. The van der Waals surface area contributed by atoms with Crippen LogP contribution in [0.15, 0.2) is 0 Å². The Balaban J connectivity index is 2.07. The van der Waals surface area contributed by atoms with Gasteiger partial charge >= 0.3 is 0 Å². The van der Waals surface area contributed by atoms with Gasteiger partial charge < -0.3 is 14.2 Å². The van der Waals surface area contributed by atoms with Gasteiger partial charge in [-0.3, -0.25) is 0 Å². The fourth-order valence-corrected chi connectivity index (χ4v) is 3.15. The highest BCUT2D eigenvalue weighted by molar-refractivity contribution is 4.81. The van der Waals surface area contributed by atoms with Crippen LogP contribution >= 0.6 is 0 Å². The molecule has 21 heavy (non-hydrogen) atoms. The molecule has 0 aromatic rings. The fourth-order valence-electron chi connectivity index (χ4n) is 3.15. The van der Waals surface area contributed by atoms with E-state index in [4.69, 9.17) is 14.2 Å². The van der Waals surface area contributed by atoms with E-state index in [0.717, 1.165) is 44.0 Å². The van der Waals surface area contributed by atoms with Crippen molar-refractivity contribution in [2.75, 3.05) is 26.4 Å². The van der Waals surface area contributed by atoms with Gasteiger partial charge in [-0.05, 0) is 50.9 Å². The van der Waals surface area contributed by atoms with Gasteiger partial charge in [-0.2, -0.15) is 0 Å². The maximum absolute atomic E-state index is 6.12. The Morgan fingerprint density at radius 2 is 1.71 bits per heavy atom. The van der Waals surface area contributed by atoms with Crippen LogP contribution in [-0.2, 0) is 14.2 Å². The van der Waals surface area contributed by atoms with Gasteiger partial charge in [0.25, 0.3) is 0 Å². The molecule has 1 aliphatic carbocycles. The molecule has 0 N–H and O–H groups in total. The standard InChI is InChI=1S/C18H36O3/c1-14(2)17-8-7-16(5)13-18(17)21-12-11-19-9-6-10-20-15(3)4/h14-18H,6-13H2,1-5H3. The molecule has 0 aliphatic heterocycles. The summed E-state index contributed by atoms with van der Waals surface area (Å²) >= 11 is 0. The Morgan fingerprint density at radius 3 is 2.38 bits per heavy atom. The molecule has 3 unspecified atom stereocenters. The van der Waals surface area contributed by atoms with Crippen LogP contribution in [0.1, 0.15) is 60.3 Å². The van der Waals surface area contributed by atoms with E-state index in [1.807, 2.05) is 0 Å². The molecule has 0 amide bonds. The van der Waals surface area contributed by atoms with Crippen LogP contribution in [0.3, 0.4) is 0 Å². The second-order valence-electron chi connectivity index (χ2n) is 7.12. The molecular formula is C18H36O3. The van der Waals surface area contributed by atoms with Crippen molar-refractivity contribution in [1.29, 1.82) is 0 Å². The predicted molar refractivity (Wildman–Crippen MR) is 87.6 cm³/mol. The zero-order valence-corrected chi connectivity index (χ0v) is 14.8. The largest absolute Gasteiger partial charge is 0.379 e. The first-order valence-electron chi connectivity index (χ1n) is 8.81. The van der Waals surface area contributed by atoms with Crippen molar-refractivity contribution >= 4 is 0 Å². The zero-order valence-electron chi connectivity index (χ0n) is 14.8. The third-order valence-corrected chi connectivity index (χ3v) is 4.41. The number of hydrogen-bond donors (Lipinski definition) is 0. The molecule has 0 radical (unpaired) electrons. The Hall–Kier alpha value is -0.120. The predicted octanol–water partition coefficient (Wildman–Crippen LogP) is 4.30. The van der Waals surface area contributed by atoms with Crippen LogP contribution in [0.25, 0.3) is 0 Å². The van der Waals surface area contributed by atoms with Crippen LogP contribution in [0.4, 0.5) is 0 Å². The number of hydrogen-bond acceptors (Lipinski definition) is 3. The summed E-state index contributed by atoms with van der Waals surface area (Å²) in [5.74, 6) is 2.25. The Bertz CT molecular complexity index is 253. The third kappa shape index (κ3) is 8.18. The average Bonchev–Trinajstić information content (AvgIpc) is 2.41. The Kier molecular flexibility index (Phi) is 9.54. The minimum absolute atomic E-state index is 0.314. The minimum Gasteiger partial charge on any atom is -0.379 e. The van der Waals surface area contributed by atoms with Gasteiger partial charge in [0.2, 0.25) is 0 Å². The lowest BCUT2D eigenvalue weighted by atomic mass is 9.75. The lowest BCUT2D eigenvalue weighted by Gasteiger charge is -2.37. The third-order valence-electron chi connectivity index (χ3n) is 4.41. The number of rotatable bonds is 10. The first kappa shape index (κ1) is 18.9. The molecule has 0 heterocycles. The molecule has 3 heteroatoms. The molecule has 1 aliphatic rings. The van der Waals surface area contributed by atoms with Gasteiger partial charge in [-0.15, -0.1) is 0 Å². The smallest absolute Gasteiger partial charge is 0.0704 e. The molecule has 1 saturated carbocycles. The first-order chi connectivity index (χ1) is 10.0. The van der Waals surface area contributed by atoms with Crippen LogP contribution in [0.2, 0.25) is 0 Å². The Labute approximate surface area is 131 Å². The molecule has 1 fully saturated rings. The van der Waals surface area contributed by atoms with Crippen molar-refractivity contribution < 1.29 is 14.2 Å². The monoisotopic (exact) mass is 300 g/mol. The van der Waals surface area contributed by atoms with E-state index in [-0.39, 0.29) is 0 Å². The highest BCUT2D eigenvalue weighted by atomic mass is 16.5. The van der Waals surface area contributed by atoms with Gasteiger partial charge in [-0.25, -0.2) is 0 Å². The van der Waals surface area contributed by atoms with E-state index in [1.165, 1.54) is 19.3 Å². The van der Waals surface area contributed by atoms with Gasteiger partial charge in [0.15, 0.2) is 0 Å². The molecule has 0 aromatic carbocycles. The zero-order chi connectivity index (χ0) is 15.7. The molecule has 3 nitrogen and oxygen atoms in total. The Morgan fingerprint density at radius 1 is 0.952 bits per heavy atom. The maximum atomic E-state index is 6.12. The fraction of sp³-hybridized carbons (Fsp3) is 1.00. The quantitative estimate of drug-likeness (QED) is 0.563. The summed E-state index contributed by atoms with van der Waals surface area (Å²) in [6, 6.07) is 0. The molecule has 0 saturated heterocycles. The average molecular weight is 300 g/mol. The van der Waals surface area contributed by atoms with Crippen LogP contribution < -0.4 is 0 Å². The molecule has 0 spiro atoms. The van der Waals surface area contributed by atoms with Gasteiger partial charge in [0.05, 0.1) is 25.4 Å². The topological polar surface area (TPSA) is 27.7 Å². The summed E-state index contributed by atoms with van der Waals surface area (Å²) in [4.78, 5) is 0. The molecule has 3 atom stereocenters. The summed E-state index contributed by atoms with van der Waals surface area (Å²) < 4.78 is 17.2. The lowest BCUT2D eigenvalue weighted by molar-refractivity contribution is -0.0596. The van der Waals surface area contributed by atoms with Crippen molar-refractivity contribution in [1.82, 2.24) is 0 Å². The van der Waals surface area contributed by atoms with Crippen molar-refractivity contribution in [3.05, 3.63) is 0 Å². The summed E-state index contributed by atoms with van der Waals surface area (Å²) in [5, 5.41) is 0. The van der Waals surface area contributed by atoms with E-state index < -0.39 is 0 Å². The molecule has 0 bridgehead atoms. The summed E-state index contributed by atoms with van der Waals surface area (Å²) in [5.41, 5.74) is 0. The van der Waals surface area contributed by atoms with Crippen LogP contribution in [0.5, 0.6) is 0 Å². The second-order valence-corrected chi connectivity index (χ2v) is 7.12.